The van der Waals surface area contributed by atoms with Crippen LogP contribution in [0.25, 0.3) is 0 Å². The topological polar surface area (TPSA) is 78.4 Å². The molecule has 1 aromatic carbocycles. The van der Waals surface area contributed by atoms with E-state index in [0.717, 1.165) is 37.9 Å². The molecule has 1 heterocycles. The fourth-order valence-corrected chi connectivity index (χ4v) is 4.54. The van der Waals surface area contributed by atoms with Crippen molar-refractivity contribution in [3.63, 3.8) is 0 Å². The number of carbonyl (C=O) groups excluding carboxylic acids is 1. The highest BCUT2D eigenvalue weighted by Gasteiger charge is 2.54. The predicted octanol–water partition coefficient (Wildman–Crippen LogP) is 2.35. The van der Waals surface area contributed by atoms with Gasteiger partial charge in [0, 0.05) is 30.6 Å². The number of nitrogens with one attached hydrogen (secondary N) is 2. The molecular formula is C18H22N2O3. The van der Waals surface area contributed by atoms with Gasteiger partial charge in [0.25, 0.3) is 0 Å². The minimum atomic E-state index is -0.639. The van der Waals surface area contributed by atoms with Gasteiger partial charge in [-0.05, 0) is 48.8 Å². The minimum absolute atomic E-state index is 0.119. The van der Waals surface area contributed by atoms with E-state index in [1.54, 1.807) is 0 Å². The van der Waals surface area contributed by atoms with Gasteiger partial charge < -0.3 is 15.7 Å². The fraction of sp³-hybridized carbons (Fsp3) is 0.556. The molecule has 1 saturated heterocycles. The summed E-state index contributed by atoms with van der Waals surface area (Å²) in [7, 11) is 0. The summed E-state index contributed by atoms with van der Waals surface area (Å²) in [4.78, 5) is 22.3. The van der Waals surface area contributed by atoms with E-state index in [2.05, 4.69) is 28.8 Å². The van der Waals surface area contributed by atoms with Crippen molar-refractivity contribution in [3.8, 4) is 0 Å². The lowest BCUT2D eigenvalue weighted by Crippen LogP contribution is -2.54. The molecule has 0 aromatic heterocycles. The summed E-state index contributed by atoms with van der Waals surface area (Å²) >= 11 is 0. The first-order valence-electron chi connectivity index (χ1n) is 8.39. The Balaban J connectivity index is 1.33. The lowest BCUT2D eigenvalue weighted by Gasteiger charge is -2.57. The Labute approximate surface area is 135 Å². The number of carbonyl (C=O) groups is 2. The number of amides is 1. The smallest absolute Gasteiger partial charge is 0.306 e. The summed E-state index contributed by atoms with van der Waals surface area (Å²) < 4.78 is 0. The van der Waals surface area contributed by atoms with Gasteiger partial charge in [-0.1, -0.05) is 12.1 Å². The van der Waals surface area contributed by atoms with Crippen LogP contribution >= 0.6 is 0 Å². The van der Waals surface area contributed by atoms with E-state index in [1.807, 2.05) is 6.07 Å². The van der Waals surface area contributed by atoms with Crippen molar-refractivity contribution in [2.24, 2.45) is 11.3 Å². The molecule has 5 nitrogen and oxygen atoms in total. The molecule has 1 unspecified atom stereocenters. The Kier molecular flexibility index (Phi) is 3.32. The van der Waals surface area contributed by atoms with Gasteiger partial charge in [-0.25, -0.2) is 0 Å². The van der Waals surface area contributed by atoms with Crippen molar-refractivity contribution in [1.82, 2.24) is 5.32 Å². The minimum Gasteiger partial charge on any atom is -0.481 e. The first-order valence-corrected chi connectivity index (χ1v) is 8.39. The van der Waals surface area contributed by atoms with Crippen LogP contribution in [-0.4, -0.2) is 29.6 Å². The lowest BCUT2D eigenvalue weighted by molar-refractivity contribution is -0.154. The van der Waals surface area contributed by atoms with Crippen LogP contribution < -0.4 is 10.6 Å². The summed E-state index contributed by atoms with van der Waals surface area (Å²) in [5, 5.41) is 15.4. The zero-order valence-electron chi connectivity index (χ0n) is 13.0. The summed E-state index contributed by atoms with van der Waals surface area (Å²) in [6.07, 6.45) is 4.41. The number of carboxylic acids is 1. The molecule has 1 spiro atoms. The average Bonchev–Trinajstić information content (AvgIpc) is 2.86. The molecule has 122 valence electrons. The SMILES string of the molecule is O=C1CC(c2cccc(NC3CC4(C3)CC(C(=O)O)C4)c2)CN1. The summed E-state index contributed by atoms with van der Waals surface area (Å²) in [5.74, 6) is -0.349. The Morgan fingerprint density at radius 3 is 2.70 bits per heavy atom. The lowest BCUT2D eigenvalue weighted by atomic mass is 9.50. The molecule has 3 fully saturated rings. The summed E-state index contributed by atoms with van der Waals surface area (Å²) in [6, 6.07) is 8.79. The third kappa shape index (κ3) is 2.69. The summed E-state index contributed by atoms with van der Waals surface area (Å²) in [5.41, 5.74) is 2.60. The molecule has 1 aromatic rings. The van der Waals surface area contributed by atoms with E-state index in [1.165, 1.54) is 5.56 Å². The molecule has 1 aliphatic heterocycles. The highest BCUT2D eigenvalue weighted by molar-refractivity contribution is 5.79. The van der Waals surface area contributed by atoms with Crippen molar-refractivity contribution in [2.75, 3.05) is 11.9 Å². The second kappa shape index (κ2) is 5.25. The Bertz CT molecular complexity index is 643. The number of rotatable bonds is 4. The van der Waals surface area contributed by atoms with Gasteiger partial charge in [0.15, 0.2) is 0 Å². The number of carboxylic acid groups (broad SMARTS) is 1. The number of hydrogen-bond donors (Lipinski definition) is 3. The normalized spacial score (nSPS) is 35.3. The standard InChI is InChI=1S/C18H22N2O3/c21-16-5-12(10-19-16)11-2-1-3-14(4-11)20-15-8-18(9-15)6-13(7-18)17(22)23/h1-4,12-13,15,20H,5-10H2,(H,19,21)(H,22,23). The molecule has 1 atom stereocenters. The monoisotopic (exact) mass is 314 g/mol. The molecule has 2 aliphatic carbocycles. The van der Waals surface area contributed by atoms with E-state index in [9.17, 15) is 9.59 Å². The second-order valence-corrected chi connectivity index (χ2v) is 7.52. The molecular weight excluding hydrogens is 292 g/mol. The molecule has 0 bridgehead atoms. The van der Waals surface area contributed by atoms with Gasteiger partial charge in [-0.3, -0.25) is 9.59 Å². The number of aliphatic carboxylic acids is 1. The molecule has 2 saturated carbocycles. The average molecular weight is 314 g/mol. The van der Waals surface area contributed by atoms with Crippen LogP contribution in [0.2, 0.25) is 0 Å². The highest BCUT2D eigenvalue weighted by Crippen LogP contribution is 2.59. The van der Waals surface area contributed by atoms with E-state index < -0.39 is 5.97 Å². The number of benzene rings is 1. The maximum absolute atomic E-state index is 11.4. The van der Waals surface area contributed by atoms with Crippen molar-refractivity contribution in [1.29, 1.82) is 0 Å². The Morgan fingerprint density at radius 1 is 1.26 bits per heavy atom. The van der Waals surface area contributed by atoms with Crippen molar-refractivity contribution in [3.05, 3.63) is 29.8 Å². The van der Waals surface area contributed by atoms with Crippen LogP contribution in [0.5, 0.6) is 0 Å². The third-order valence-corrected chi connectivity index (χ3v) is 5.77. The van der Waals surface area contributed by atoms with Crippen LogP contribution in [0, 0.1) is 11.3 Å². The van der Waals surface area contributed by atoms with Gasteiger partial charge in [-0.15, -0.1) is 0 Å². The van der Waals surface area contributed by atoms with Crippen LogP contribution in [-0.2, 0) is 9.59 Å². The highest BCUT2D eigenvalue weighted by atomic mass is 16.4. The molecule has 3 aliphatic rings. The van der Waals surface area contributed by atoms with Crippen LogP contribution in [0.1, 0.15) is 43.6 Å². The van der Waals surface area contributed by atoms with Crippen LogP contribution in [0.4, 0.5) is 5.69 Å². The Morgan fingerprint density at radius 2 is 2.04 bits per heavy atom. The zero-order chi connectivity index (χ0) is 16.0. The third-order valence-electron chi connectivity index (χ3n) is 5.77. The summed E-state index contributed by atoms with van der Waals surface area (Å²) in [6.45, 7) is 0.728. The van der Waals surface area contributed by atoms with Crippen molar-refractivity contribution in [2.45, 2.75) is 44.1 Å². The zero-order valence-corrected chi connectivity index (χ0v) is 13.0. The molecule has 23 heavy (non-hydrogen) atoms. The molecule has 0 radical (unpaired) electrons. The van der Waals surface area contributed by atoms with Crippen molar-refractivity contribution >= 4 is 17.6 Å². The predicted molar refractivity (Wildman–Crippen MR) is 86.2 cm³/mol. The van der Waals surface area contributed by atoms with E-state index in [0.29, 0.717) is 17.9 Å². The van der Waals surface area contributed by atoms with Gasteiger partial charge >= 0.3 is 5.97 Å². The maximum atomic E-state index is 11.4. The number of hydrogen-bond acceptors (Lipinski definition) is 3. The van der Waals surface area contributed by atoms with E-state index in [-0.39, 0.29) is 17.7 Å². The largest absolute Gasteiger partial charge is 0.481 e. The molecule has 1 amide bonds. The molecule has 3 N–H and O–H groups in total. The fourth-order valence-electron chi connectivity index (χ4n) is 4.54. The van der Waals surface area contributed by atoms with Gasteiger partial charge in [0.05, 0.1) is 5.92 Å². The van der Waals surface area contributed by atoms with Gasteiger partial charge in [0.1, 0.15) is 0 Å². The quantitative estimate of drug-likeness (QED) is 0.797. The first kappa shape index (κ1) is 14.5. The van der Waals surface area contributed by atoms with Crippen LogP contribution in [0.15, 0.2) is 24.3 Å². The van der Waals surface area contributed by atoms with E-state index in [4.69, 9.17) is 5.11 Å². The first-order chi connectivity index (χ1) is 11.0. The van der Waals surface area contributed by atoms with Gasteiger partial charge in [-0.2, -0.15) is 0 Å². The van der Waals surface area contributed by atoms with Gasteiger partial charge in [0.2, 0.25) is 5.91 Å². The second-order valence-electron chi connectivity index (χ2n) is 7.52. The Hall–Kier alpha value is -2.04. The maximum Gasteiger partial charge on any atom is 0.306 e. The number of anilines is 1. The van der Waals surface area contributed by atoms with Crippen LogP contribution in [0.3, 0.4) is 0 Å². The van der Waals surface area contributed by atoms with Crippen molar-refractivity contribution < 1.29 is 14.7 Å². The van der Waals surface area contributed by atoms with E-state index >= 15 is 0 Å². The molecule has 5 heteroatoms. The molecule has 4 rings (SSSR count).